The Balaban J connectivity index is 3.39. The Bertz CT molecular complexity index is 156. The molecule has 0 radical (unpaired) electrons. The van der Waals surface area contributed by atoms with Gasteiger partial charge < -0.3 is 0 Å². The van der Waals surface area contributed by atoms with E-state index in [2.05, 4.69) is 19.9 Å². The van der Waals surface area contributed by atoms with Crippen molar-refractivity contribution in [1.82, 2.24) is 0 Å². The van der Waals surface area contributed by atoms with Gasteiger partial charge in [0.15, 0.2) is 0 Å². The van der Waals surface area contributed by atoms with Crippen molar-refractivity contribution in [2.45, 2.75) is 45.8 Å². The van der Waals surface area contributed by atoms with Crippen LogP contribution in [0.25, 0.3) is 0 Å². The molecule has 70 valence electrons. The predicted octanol–water partition coefficient (Wildman–Crippen LogP) is 3.46. The molecule has 12 heavy (non-hydrogen) atoms. The summed E-state index contributed by atoms with van der Waals surface area (Å²) in [6.45, 7) is 8.43. The van der Waals surface area contributed by atoms with E-state index < -0.39 is 0 Å². The van der Waals surface area contributed by atoms with E-state index in [1.807, 2.05) is 25.6 Å². The van der Waals surface area contributed by atoms with E-state index in [0.717, 1.165) is 18.1 Å². The summed E-state index contributed by atoms with van der Waals surface area (Å²) in [7, 11) is 0. The quantitative estimate of drug-likeness (QED) is 0.612. The zero-order valence-electron chi connectivity index (χ0n) is 8.55. The fourth-order valence-electron chi connectivity index (χ4n) is 0.889. The molecule has 0 saturated carbocycles. The van der Waals surface area contributed by atoms with Crippen LogP contribution < -0.4 is 0 Å². The molecule has 0 aromatic rings. The third-order valence-corrected chi connectivity index (χ3v) is 2.89. The van der Waals surface area contributed by atoms with Gasteiger partial charge in [0.2, 0.25) is 0 Å². The average Bonchev–Trinajstić information content (AvgIpc) is 1.98. The first-order chi connectivity index (χ1) is 5.48. The molecule has 0 aromatic heterocycles. The highest BCUT2D eigenvalue weighted by molar-refractivity contribution is 7.99. The third kappa shape index (κ3) is 6.54. The Labute approximate surface area is 80.5 Å². The summed E-state index contributed by atoms with van der Waals surface area (Å²) in [4.78, 5) is 0. The van der Waals surface area contributed by atoms with E-state index in [1.54, 1.807) is 0 Å². The molecule has 0 aromatic carbocycles. The van der Waals surface area contributed by atoms with E-state index >= 15 is 0 Å². The number of nitriles is 1. The van der Waals surface area contributed by atoms with Crippen LogP contribution in [0.2, 0.25) is 0 Å². The standard InChI is InChI=1S/C10H19NS/c1-9(2)12-7-5-6-10(3,4)8-11/h9H,5-7H2,1-4H3. The Kier molecular flexibility index (Phi) is 5.41. The van der Waals surface area contributed by atoms with Crippen LogP contribution in [0.5, 0.6) is 0 Å². The molecule has 0 aliphatic carbocycles. The van der Waals surface area contributed by atoms with Crippen LogP contribution in [-0.2, 0) is 0 Å². The van der Waals surface area contributed by atoms with Crippen molar-refractivity contribution in [3.8, 4) is 6.07 Å². The Hall–Kier alpha value is -0.160. The van der Waals surface area contributed by atoms with Crippen LogP contribution >= 0.6 is 11.8 Å². The van der Waals surface area contributed by atoms with Gasteiger partial charge in [0.05, 0.1) is 11.5 Å². The highest BCUT2D eigenvalue weighted by Gasteiger charge is 2.15. The lowest BCUT2D eigenvalue weighted by atomic mass is 9.90. The topological polar surface area (TPSA) is 23.8 Å². The lowest BCUT2D eigenvalue weighted by Gasteiger charge is -2.14. The zero-order chi connectivity index (χ0) is 9.61. The van der Waals surface area contributed by atoms with Gasteiger partial charge in [-0.1, -0.05) is 13.8 Å². The van der Waals surface area contributed by atoms with Gasteiger partial charge in [-0.05, 0) is 37.7 Å². The molecule has 0 spiro atoms. The molecule has 0 N–H and O–H groups in total. The second-order valence-electron chi connectivity index (χ2n) is 4.02. The molecule has 0 bridgehead atoms. The van der Waals surface area contributed by atoms with Gasteiger partial charge in [-0.15, -0.1) is 0 Å². The second kappa shape index (κ2) is 5.48. The van der Waals surface area contributed by atoms with Crippen molar-refractivity contribution in [2.75, 3.05) is 5.75 Å². The number of nitrogens with zero attached hydrogens (tertiary/aromatic N) is 1. The largest absolute Gasteiger partial charge is 0.198 e. The fraction of sp³-hybridized carbons (Fsp3) is 0.900. The zero-order valence-corrected chi connectivity index (χ0v) is 9.37. The molecule has 0 atom stereocenters. The van der Waals surface area contributed by atoms with Gasteiger partial charge in [-0.3, -0.25) is 0 Å². The van der Waals surface area contributed by atoms with Crippen LogP contribution in [0, 0.1) is 16.7 Å². The van der Waals surface area contributed by atoms with Gasteiger partial charge >= 0.3 is 0 Å². The maximum absolute atomic E-state index is 8.75. The molecule has 0 aliphatic rings. The van der Waals surface area contributed by atoms with Crippen molar-refractivity contribution >= 4 is 11.8 Å². The van der Waals surface area contributed by atoms with E-state index in [1.165, 1.54) is 5.75 Å². The number of rotatable bonds is 5. The summed E-state index contributed by atoms with van der Waals surface area (Å²) in [6.07, 6.45) is 2.17. The first-order valence-corrected chi connectivity index (χ1v) is 5.55. The summed E-state index contributed by atoms with van der Waals surface area (Å²) in [5.74, 6) is 1.18. The minimum absolute atomic E-state index is 0.127. The third-order valence-electron chi connectivity index (χ3n) is 1.70. The molecule has 0 amide bonds. The van der Waals surface area contributed by atoms with Crippen LogP contribution in [0.4, 0.5) is 0 Å². The highest BCUT2D eigenvalue weighted by Crippen LogP contribution is 2.22. The Morgan fingerprint density at radius 3 is 2.42 bits per heavy atom. The smallest absolute Gasteiger partial charge is 0.0683 e. The lowest BCUT2D eigenvalue weighted by Crippen LogP contribution is -2.08. The summed E-state index contributed by atoms with van der Waals surface area (Å²) < 4.78 is 0. The van der Waals surface area contributed by atoms with Crippen LogP contribution in [0.1, 0.15) is 40.5 Å². The van der Waals surface area contributed by atoms with E-state index in [-0.39, 0.29) is 5.41 Å². The lowest BCUT2D eigenvalue weighted by molar-refractivity contribution is 0.447. The highest BCUT2D eigenvalue weighted by atomic mass is 32.2. The van der Waals surface area contributed by atoms with Crippen LogP contribution in [-0.4, -0.2) is 11.0 Å². The van der Waals surface area contributed by atoms with Gasteiger partial charge in [0.25, 0.3) is 0 Å². The van der Waals surface area contributed by atoms with E-state index in [4.69, 9.17) is 5.26 Å². The van der Waals surface area contributed by atoms with Crippen molar-refractivity contribution in [3.05, 3.63) is 0 Å². The number of hydrogen-bond acceptors (Lipinski definition) is 2. The minimum atomic E-state index is -0.127. The predicted molar refractivity (Wildman–Crippen MR) is 56.2 cm³/mol. The SMILES string of the molecule is CC(C)SCCCC(C)(C)C#N. The molecule has 0 unspecified atom stereocenters. The molecule has 0 saturated heterocycles. The minimum Gasteiger partial charge on any atom is -0.198 e. The monoisotopic (exact) mass is 185 g/mol. The molecule has 1 nitrogen and oxygen atoms in total. The Morgan fingerprint density at radius 2 is 2.00 bits per heavy atom. The summed E-state index contributed by atoms with van der Waals surface area (Å²) in [5, 5.41) is 9.46. The second-order valence-corrected chi connectivity index (χ2v) is 5.70. The first-order valence-electron chi connectivity index (χ1n) is 4.51. The van der Waals surface area contributed by atoms with Gasteiger partial charge in [-0.25, -0.2) is 0 Å². The molecular weight excluding hydrogens is 166 g/mol. The molecule has 0 heterocycles. The van der Waals surface area contributed by atoms with Gasteiger partial charge in [0, 0.05) is 0 Å². The summed E-state index contributed by atoms with van der Waals surface area (Å²) in [6, 6.07) is 2.32. The first kappa shape index (κ1) is 11.8. The Morgan fingerprint density at radius 1 is 1.42 bits per heavy atom. The number of thioether (sulfide) groups is 1. The summed E-state index contributed by atoms with van der Waals surface area (Å²) >= 11 is 1.97. The van der Waals surface area contributed by atoms with Crippen molar-refractivity contribution in [1.29, 1.82) is 5.26 Å². The summed E-state index contributed by atoms with van der Waals surface area (Å²) in [5.41, 5.74) is -0.127. The molecule has 0 fully saturated rings. The molecule has 0 aliphatic heterocycles. The molecule has 2 heteroatoms. The van der Waals surface area contributed by atoms with Crippen molar-refractivity contribution in [2.24, 2.45) is 5.41 Å². The maximum Gasteiger partial charge on any atom is 0.0683 e. The fourth-order valence-corrected chi connectivity index (χ4v) is 1.67. The normalized spacial score (nSPS) is 11.7. The van der Waals surface area contributed by atoms with Crippen LogP contribution in [0.3, 0.4) is 0 Å². The van der Waals surface area contributed by atoms with Gasteiger partial charge in [-0.2, -0.15) is 17.0 Å². The van der Waals surface area contributed by atoms with E-state index in [9.17, 15) is 0 Å². The molecule has 0 rings (SSSR count). The van der Waals surface area contributed by atoms with Crippen molar-refractivity contribution in [3.63, 3.8) is 0 Å². The number of hydrogen-bond donors (Lipinski definition) is 0. The van der Waals surface area contributed by atoms with Crippen molar-refractivity contribution < 1.29 is 0 Å². The average molecular weight is 185 g/mol. The maximum atomic E-state index is 8.75. The molecular formula is C10H19NS. The van der Waals surface area contributed by atoms with E-state index in [0.29, 0.717) is 0 Å². The van der Waals surface area contributed by atoms with Crippen LogP contribution in [0.15, 0.2) is 0 Å². The van der Waals surface area contributed by atoms with Gasteiger partial charge in [0.1, 0.15) is 0 Å².